The van der Waals surface area contributed by atoms with Crippen LogP contribution in [-0.2, 0) is 17.9 Å². The lowest BCUT2D eigenvalue weighted by Gasteiger charge is -2.09. The SMILES string of the molecule is Cc1occc1C(=O)NCC(=O)NCc1ccccc1CO. The van der Waals surface area contributed by atoms with Crippen LogP contribution in [0.25, 0.3) is 0 Å². The molecule has 0 aliphatic heterocycles. The number of carbonyl (C=O) groups excluding carboxylic acids is 2. The smallest absolute Gasteiger partial charge is 0.255 e. The van der Waals surface area contributed by atoms with Gasteiger partial charge in [-0.15, -0.1) is 0 Å². The molecule has 6 heteroatoms. The largest absolute Gasteiger partial charge is 0.469 e. The van der Waals surface area contributed by atoms with Gasteiger partial charge in [-0.1, -0.05) is 24.3 Å². The van der Waals surface area contributed by atoms with Crippen LogP contribution < -0.4 is 10.6 Å². The van der Waals surface area contributed by atoms with E-state index in [9.17, 15) is 14.7 Å². The summed E-state index contributed by atoms with van der Waals surface area (Å²) < 4.78 is 5.04. The van der Waals surface area contributed by atoms with Crippen LogP contribution in [0.4, 0.5) is 0 Å². The van der Waals surface area contributed by atoms with Gasteiger partial charge in [0.2, 0.25) is 5.91 Å². The maximum Gasteiger partial charge on any atom is 0.255 e. The minimum atomic E-state index is -0.350. The Morgan fingerprint density at radius 1 is 1.14 bits per heavy atom. The lowest BCUT2D eigenvalue weighted by atomic mass is 10.1. The molecular formula is C16H18N2O4. The van der Waals surface area contributed by atoms with Crippen LogP contribution >= 0.6 is 0 Å². The summed E-state index contributed by atoms with van der Waals surface area (Å²) >= 11 is 0. The highest BCUT2D eigenvalue weighted by Crippen LogP contribution is 2.09. The van der Waals surface area contributed by atoms with Crippen molar-refractivity contribution in [2.24, 2.45) is 0 Å². The summed E-state index contributed by atoms with van der Waals surface area (Å²) in [5, 5.41) is 14.4. The van der Waals surface area contributed by atoms with E-state index in [1.807, 2.05) is 18.2 Å². The molecule has 3 N–H and O–H groups in total. The van der Waals surface area contributed by atoms with Crippen LogP contribution in [0.5, 0.6) is 0 Å². The van der Waals surface area contributed by atoms with E-state index in [1.54, 1.807) is 19.1 Å². The van der Waals surface area contributed by atoms with Crippen molar-refractivity contribution < 1.29 is 19.1 Å². The van der Waals surface area contributed by atoms with E-state index in [4.69, 9.17) is 4.42 Å². The highest BCUT2D eigenvalue weighted by Gasteiger charge is 2.12. The third kappa shape index (κ3) is 3.95. The van der Waals surface area contributed by atoms with Crippen molar-refractivity contribution in [3.05, 3.63) is 59.0 Å². The zero-order chi connectivity index (χ0) is 15.9. The molecule has 0 radical (unpaired) electrons. The number of furan rings is 1. The summed E-state index contributed by atoms with van der Waals surface area (Å²) in [6.07, 6.45) is 1.43. The van der Waals surface area contributed by atoms with Gasteiger partial charge in [0, 0.05) is 6.54 Å². The van der Waals surface area contributed by atoms with Gasteiger partial charge in [-0.3, -0.25) is 9.59 Å². The van der Waals surface area contributed by atoms with Crippen molar-refractivity contribution in [2.45, 2.75) is 20.1 Å². The van der Waals surface area contributed by atoms with Gasteiger partial charge in [0.15, 0.2) is 0 Å². The second-order valence-electron chi connectivity index (χ2n) is 4.78. The molecule has 0 atom stereocenters. The number of aryl methyl sites for hydroxylation is 1. The molecule has 2 amide bonds. The van der Waals surface area contributed by atoms with Gasteiger partial charge >= 0.3 is 0 Å². The van der Waals surface area contributed by atoms with Gasteiger partial charge in [0.1, 0.15) is 5.76 Å². The first kappa shape index (κ1) is 15.8. The predicted octanol–water partition coefficient (Wildman–Crippen LogP) is 1.13. The lowest BCUT2D eigenvalue weighted by molar-refractivity contribution is -0.120. The van der Waals surface area contributed by atoms with Gasteiger partial charge < -0.3 is 20.2 Å². The predicted molar refractivity (Wildman–Crippen MR) is 80.0 cm³/mol. The Labute approximate surface area is 128 Å². The van der Waals surface area contributed by atoms with E-state index in [0.29, 0.717) is 17.9 Å². The average Bonchev–Trinajstić information content (AvgIpc) is 2.97. The van der Waals surface area contributed by atoms with Gasteiger partial charge in [-0.25, -0.2) is 0 Å². The number of hydrogen-bond donors (Lipinski definition) is 3. The van der Waals surface area contributed by atoms with Crippen molar-refractivity contribution in [2.75, 3.05) is 6.54 Å². The van der Waals surface area contributed by atoms with Crippen LogP contribution in [0.15, 0.2) is 41.0 Å². The third-order valence-corrected chi connectivity index (χ3v) is 3.28. The Balaban J connectivity index is 1.81. The van der Waals surface area contributed by atoms with Gasteiger partial charge in [0.05, 0.1) is 25.0 Å². The molecule has 0 aliphatic rings. The Kier molecular flexibility index (Phi) is 5.32. The van der Waals surface area contributed by atoms with E-state index < -0.39 is 0 Å². The Morgan fingerprint density at radius 2 is 1.86 bits per heavy atom. The molecule has 0 spiro atoms. The molecule has 1 heterocycles. The van der Waals surface area contributed by atoms with Crippen LogP contribution in [0.1, 0.15) is 27.2 Å². The number of hydrogen-bond acceptors (Lipinski definition) is 4. The minimum Gasteiger partial charge on any atom is -0.469 e. The summed E-state index contributed by atoms with van der Waals surface area (Å²) in [5.74, 6) is -0.144. The van der Waals surface area contributed by atoms with Crippen molar-refractivity contribution >= 4 is 11.8 Å². The molecule has 0 bridgehead atoms. The molecule has 2 aromatic rings. The summed E-state index contributed by atoms with van der Waals surface area (Å²) in [6, 6.07) is 8.85. The molecule has 0 saturated carbocycles. The third-order valence-electron chi connectivity index (χ3n) is 3.28. The van der Waals surface area contributed by atoms with Gasteiger partial charge in [-0.2, -0.15) is 0 Å². The standard InChI is InChI=1S/C16H18N2O4/c1-11-14(6-7-22-11)16(21)18-9-15(20)17-8-12-4-2-3-5-13(12)10-19/h2-7,19H,8-10H2,1H3,(H,17,20)(H,18,21). The molecule has 22 heavy (non-hydrogen) atoms. The number of amides is 2. The zero-order valence-corrected chi connectivity index (χ0v) is 12.3. The fraction of sp³-hybridized carbons (Fsp3) is 0.250. The molecule has 116 valence electrons. The molecule has 6 nitrogen and oxygen atoms in total. The first-order valence-electron chi connectivity index (χ1n) is 6.88. The zero-order valence-electron chi connectivity index (χ0n) is 12.3. The van der Waals surface area contributed by atoms with E-state index in [1.165, 1.54) is 6.26 Å². The number of aliphatic hydroxyl groups is 1. The first-order chi connectivity index (χ1) is 10.6. The fourth-order valence-corrected chi connectivity index (χ4v) is 2.02. The van der Waals surface area contributed by atoms with Crippen molar-refractivity contribution in [1.82, 2.24) is 10.6 Å². The number of carbonyl (C=O) groups is 2. The summed E-state index contributed by atoms with van der Waals surface area (Å²) in [6.45, 7) is 1.78. The van der Waals surface area contributed by atoms with E-state index in [0.717, 1.165) is 11.1 Å². The molecule has 1 aromatic heterocycles. The minimum absolute atomic E-state index is 0.0808. The Bertz CT molecular complexity index is 664. The van der Waals surface area contributed by atoms with E-state index >= 15 is 0 Å². The second kappa shape index (κ2) is 7.42. The Morgan fingerprint density at radius 3 is 2.50 bits per heavy atom. The average molecular weight is 302 g/mol. The maximum atomic E-state index is 11.8. The molecular weight excluding hydrogens is 284 g/mol. The molecule has 0 unspecified atom stereocenters. The van der Waals surface area contributed by atoms with Crippen LogP contribution in [0.2, 0.25) is 0 Å². The quantitative estimate of drug-likeness (QED) is 0.746. The number of aliphatic hydroxyl groups excluding tert-OH is 1. The Hall–Kier alpha value is -2.60. The van der Waals surface area contributed by atoms with E-state index in [-0.39, 0.29) is 25.0 Å². The fourth-order valence-electron chi connectivity index (χ4n) is 2.02. The first-order valence-corrected chi connectivity index (χ1v) is 6.88. The second-order valence-corrected chi connectivity index (χ2v) is 4.78. The summed E-state index contributed by atoms with van der Waals surface area (Å²) in [7, 11) is 0. The van der Waals surface area contributed by atoms with E-state index in [2.05, 4.69) is 10.6 Å². The highest BCUT2D eigenvalue weighted by atomic mass is 16.3. The topological polar surface area (TPSA) is 91.6 Å². The molecule has 0 aliphatic carbocycles. The monoisotopic (exact) mass is 302 g/mol. The molecule has 0 saturated heterocycles. The molecule has 2 rings (SSSR count). The molecule has 1 aromatic carbocycles. The van der Waals surface area contributed by atoms with Crippen LogP contribution in [0, 0.1) is 6.92 Å². The van der Waals surface area contributed by atoms with Gasteiger partial charge in [0.25, 0.3) is 5.91 Å². The van der Waals surface area contributed by atoms with Crippen LogP contribution in [-0.4, -0.2) is 23.5 Å². The highest BCUT2D eigenvalue weighted by molar-refractivity contribution is 5.97. The van der Waals surface area contributed by atoms with Crippen molar-refractivity contribution in [1.29, 1.82) is 0 Å². The van der Waals surface area contributed by atoms with Crippen molar-refractivity contribution in [3.63, 3.8) is 0 Å². The van der Waals surface area contributed by atoms with Crippen molar-refractivity contribution in [3.8, 4) is 0 Å². The number of benzene rings is 1. The van der Waals surface area contributed by atoms with Gasteiger partial charge in [-0.05, 0) is 24.1 Å². The van der Waals surface area contributed by atoms with Crippen LogP contribution in [0.3, 0.4) is 0 Å². The summed E-state index contributed by atoms with van der Waals surface area (Å²) in [5.41, 5.74) is 2.02. The molecule has 0 fully saturated rings. The normalized spacial score (nSPS) is 10.3. The summed E-state index contributed by atoms with van der Waals surface area (Å²) in [4.78, 5) is 23.6. The number of nitrogens with one attached hydrogen (secondary N) is 2. The number of rotatable bonds is 6. The maximum absolute atomic E-state index is 11.8. The lowest BCUT2D eigenvalue weighted by Crippen LogP contribution is -2.36.